The first-order valence-electron chi connectivity index (χ1n) is 12.9. The predicted molar refractivity (Wildman–Crippen MR) is 148 cm³/mol. The smallest absolute Gasteiger partial charge is 0.478 e. The molecule has 1 aliphatic carbocycles. The molecule has 0 radical (unpaired) electrons. The summed E-state index contributed by atoms with van der Waals surface area (Å²) in [5.41, 5.74) is 4.48. The van der Waals surface area contributed by atoms with E-state index in [-0.39, 0.29) is 24.6 Å². The largest absolute Gasteiger partial charge is 0.492 e. The molecule has 1 aliphatic heterocycles. The number of amides is 1. The summed E-state index contributed by atoms with van der Waals surface area (Å²) in [6.07, 6.45) is 2.53. The first kappa shape index (κ1) is 26.7. The van der Waals surface area contributed by atoms with Gasteiger partial charge in [0, 0.05) is 18.7 Å². The highest BCUT2D eigenvalue weighted by Crippen LogP contribution is 2.44. The van der Waals surface area contributed by atoms with E-state index in [1.807, 2.05) is 52.0 Å². The molecule has 1 saturated heterocycles. The molecule has 2 aliphatic rings. The van der Waals surface area contributed by atoms with Crippen LogP contribution < -0.4 is 5.32 Å². The van der Waals surface area contributed by atoms with Gasteiger partial charge in [0.15, 0.2) is 0 Å². The molecule has 1 amide bonds. The molecule has 0 saturated carbocycles. The van der Waals surface area contributed by atoms with E-state index in [4.69, 9.17) is 14.0 Å². The topological polar surface area (TPSA) is 107 Å². The maximum atomic E-state index is 12.9. The number of rotatable bonds is 7. The molecule has 5 rings (SSSR count). The van der Waals surface area contributed by atoms with E-state index in [1.54, 1.807) is 6.08 Å². The van der Waals surface area contributed by atoms with E-state index >= 15 is 0 Å². The van der Waals surface area contributed by atoms with Gasteiger partial charge in [0.1, 0.15) is 6.61 Å². The lowest BCUT2D eigenvalue weighted by molar-refractivity contribution is 0.00578. The van der Waals surface area contributed by atoms with Gasteiger partial charge < -0.3 is 24.5 Å². The van der Waals surface area contributed by atoms with E-state index in [1.165, 1.54) is 18.3 Å². The van der Waals surface area contributed by atoms with Crippen molar-refractivity contribution in [2.45, 2.75) is 44.8 Å². The van der Waals surface area contributed by atoms with Gasteiger partial charge in [0.05, 0.1) is 22.5 Å². The van der Waals surface area contributed by atoms with Crippen molar-refractivity contribution in [3.8, 4) is 11.1 Å². The Hall–Kier alpha value is -3.95. The van der Waals surface area contributed by atoms with Crippen LogP contribution in [0.2, 0.25) is 0 Å². The zero-order valence-electron chi connectivity index (χ0n) is 22.4. The third-order valence-electron chi connectivity index (χ3n) is 7.70. The number of nitrogens with one attached hydrogen (secondary N) is 1. The van der Waals surface area contributed by atoms with Crippen molar-refractivity contribution >= 4 is 25.3 Å². The monoisotopic (exact) mass is 526 g/mol. The van der Waals surface area contributed by atoms with E-state index < -0.39 is 30.4 Å². The van der Waals surface area contributed by atoms with Crippen LogP contribution in [-0.4, -0.2) is 53.6 Å². The number of carboxylic acid groups (broad SMARTS) is 1. The third kappa shape index (κ3) is 5.33. The fraction of sp³-hybridized carbons (Fsp3) is 0.300. The molecule has 0 spiro atoms. The molecular weight excluding hydrogens is 495 g/mol. The van der Waals surface area contributed by atoms with Crippen LogP contribution in [0.25, 0.3) is 17.2 Å². The zero-order valence-corrected chi connectivity index (χ0v) is 22.4. The van der Waals surface area contributed by atoms with E-state index in [0.717, 1.165) is 22.3 Å². The summed E-state index contributed by atoms with van der Waals surface area (Å²) in [5.74, 6) is -1.11. The number of alkyl carbamates (subject to hydrolysis) is 1. The van der Waals surface area contributed by atoms with Gasteiger partial charge in [-0.2, -0.15) is 0 Å². The standard InChI is InChI=1S/C30H31BN2O6/c1-29(2)30(3,4)39-31(38-29)20(16-21-15-19(27(34)35)13-14-32-21)17-33-28(36)37-18-26-24-11-7-5-9-22(24)23-10-6-8-12-25(23)26/h5-16,26H,17-18H2,1-4H3,(H,33,36)(H,34,35). The highest BCUT2D eigenvalue weighted by Gasteiger charge is 2.52. The number of hydrogen-bond donors (Lipinski definition) is 2. The van der Waals surface area contributed by atoms with E-state index in [9.17, 15) is 14.7 Å². The molecule has 39 heavy (non-hydrogen) atoms. The molecule has 2 aromatic carbocycles. The van der Waals surface area contributed by atoms with Crippen LogP contribution in [0.1, 0.15) is 60.8 Å². The number of aromatic nitrogens is 1. The second-order valence-corrected chi connectivity index (χ2v) is 10.8. The Bertz CT molecular complexity index is 1390. The highest BCUT2D eigenvalue weighted by atomic mass is 16.7. The SMILES string of the molecule is CC1(C)OB(C(=Cc2cc(C(=O)O)ccn2)CNC(=O)OCC2c3ccccc3-c3ccccc32)OC1(C)C. The molecular formula is C30H31BN2O6. The Kier molecular flexibility index (Phi) is 7.05. The number of carbonyl (C=O) groups is 2. The van der Waals surface area contributed by atoms with Gasteiger partial charge in [-0.25, -0.2) is 9.59 Å². The Labute approximate surface area is 228 Å². The minimum Gasteiger partial charge on any atom is -0.478 e. The fourth-order valence-electron chi connectivity index (χ4n) is 4.87. The van der Waals surface area contributed by atoms with Crippen molar-refractivity contribution in [3.63, 3.8) is 0 Å². The van der Waals surface area contributed by atoms with Crippen LogP contribution in [-0.2, 0) is 14.0 Å². The average Bonchev–Trinajstić information content (AvgIpc) is 3.34. The fourth-order valence-corrected chi connectivity index (χ4v) is 4.87. The molecule has 1 fully saturated rings. The molecule has 1 aromatic heterocycles. The predicted octanol–water partition coefficient (Wildman–Crippen LogP) is 5.33. The van der Waals surface area contributed by atoms with Gasteiger partial charge in [0.2, 0.25) is 0 Å². The summed E-state index contributed by atoms with van der Waals surface area (Å²) in [5, 5.41) is 12.2. The van der Waals surface area contributed by atoms with Crippen molar-refractivity contribution in [1.29, 1.82) is 0 Å². The molecule has 0 atom stereocenters. The summed E-state index contributed by atoms with van der Waals surface area (Å²) < 4.78 is 18.1. The third-order valence-corrected chi connectivity index (χ3v) is 7.70. The van der Waals surface area contributed by atoms with Gasteiger partial charge in [-0.3, -0.25) is 4.98 Å². The molecule has 8 nitrogen and oxygen atoms in total. The van der Waals surface area contributed by atoms with Gasteiger partial charge in [-0.1, -0.05) is 48.5 Å². The first-order chi connectivity index (χ1) is 18.6. The lowest BCUT2D eigenvalue weighted by Crippen LogP contribution is -2.41. The van der Waals surface area contributed by atoms with E-state index in [0.29, 0.717) is 11.2 Å². The van der Waals surface area contributed by atoms with Crippen LogP contribution in [0.3, 0.4) is 0 Å². The highest BCUT2D eigenvalue weighted by molar-refractivity contribution is 6.56. The number of fused-ring (bicyclic) bond motifs is 3. The van der Waals surface area contributed by atoms with Crippen LogP contribution in [0.4, 0.5) is 4.79 Å². The van der Waals surface area contributed by atoms with Crippen molar-refractivity contribution in [2.24, 2.45) is 0 Å². The Morgan fingerprint density at radius 1 is 1.00 bits per heavy atom. The van der Waals surface area contributed by atoms with Gasteiger partial charge in [-0.05, 0) is 73.6 Å². The summed E-state index contributed by atoms with van der Waals surface area (Å²) >= 11 is 0. The first-order valence-corrected chi connectivity index (χ1v) is 12.9. The van der Waals surface area contributed by atoms with Crippen LogP contribution in [0.5, 0.6) is 0 Å². The number of aromatic carboxylic acids is 1. The molecule has 200 valence electrons. The number of ether oxygens (including phenoxy) is 1. The number of pyridine rings is 1. The molecule has 9 heteroatoms. The second-order valence-electron chi connectivity index (χ2n) is 10.8. The number of carboxylic acids is 1. The average molecular weight is 526 g/mol. The zero-order chi connectivity index (χ0) is 27.8. The number of carbonyl (C=O) groups excluding carboxylic acids is 1. The van der Waals surface area contributed by atoms with Gasteiger partial charge in [0.25, 0.3) is 0 Å². The van der Waals surface area contributed by atoms with Crippen LogP contribution in [0, 0.1) is 0 Å². The lowest BCUT2D eigenvalue weighted by Gasteiger charge is -2.32. The molecule has 0 bridgehead atoms. The molecule has 2 N–H and O–H groups in total. The van der Waals surface area contributed by atoms with Gasteiger partial charge >= 0.3 is 19.2 Å². The number of hydrogen-bond acceptors (Lipinski definition) is 6. The summed E-state index contributed by atoms with van der Waals surface area (Å²) in [6.45, 7) is 8.00. The Morgan fingerprint density at radius 3 is 2.18 bits per heavy atom. The second kappa shape index (κ2) is 10.3. The van der Waals surface area contributed by atoms with Crippen molar-refractivity contribution in [2.75, 3.05) is 13.2 Å². The maximum Gasteiger partial charge on any atom is 0.492 e. The summed E-state index contributed by atoms with van der Waals surface area (Å²) in [4.78, 5) is 28.6. The van der Waals surface area contributed by atoms with Crippen molar-refractivity contribution < 1.29 is 28.7 Å². The normalized spacial score (nSPS) is 17.4. The van der Waals surface area contributed by atoms with Crippen molar-refractivity contribution in [3.05, 3.63) is 94.7 Å². The summed E-state index contributed by atoms with van der Waals surface area (Å²) in [6, 6.07) is 19.2. The van der Waals surface area contributed by atoms with E-state index in [2.05, 4.69) is 34.6 Å². The van der Waals surface area contributed by atoms with Crippen LogP contribution >= 0.6 is 0 Å². The quantitative estimate of drug-likeness (QED) is 0.401. The molecule has 2 heterocycles. The minimum absolute atomic E-state index is 0.0516. The number of benzene rings is 2. The summed E-state index contributed by atoms with van der Waals surface area (Å²) in [7, 11) is -0.765. The maximum absolute atomic E-state index is 12.9. The minimum atomic E-state index is -1.05. The lowest BCUT2D eigenvalue weighted by atomic mass is 9.77. The van der Waals surface area contributed by atoms with Crippen LogP contribution in [0.15, 0.2) is 72.3 Å². The van der Waals surface area contributed by atoms with Gasteiger partial charge in [-0.15, -0.1) is 0 Å². The Morgan fingerprint density at radius 2 is 1.59 bits per heavy atom. The molecule has 0 unspecified atom stereocenters. The number of nitrogens with zero attached hydrogens (tertiary/aromatic N) is 1. The van der Waals surface area contributed by atoms with Crippen molar-refractivity contribution in [1.82, 2.24) is 10.3 Å². The Balaban J connectivity index is 1.31. The molecule has 3 aromatic rings.